The molecular formula is C12H22N2O5. The van der Waals surface area contributed by atoms with Gasteiger partial charge in [0.2, 0.25) is 0 Å². The van der Waals surface area contributed by atoms with Crippen LogP contribution in [0.3, 0.4) is 0 Å². The number of methoxy groups -OCH3 is 1. The number of nitrogens with zero attached hydrogens (tertiary/aromatic N) is 2. The number of carbonyl (C=O) groups excluding carboxylic acids is 1. The summed E-state index contributed by atoms with van der Waals surface area (Å²) in [6.45, 7) is 4.57. The summed E-state index contributed by atoms with van der Waals surface area (Å²) in [6.07, 6.45) is -0.696. The first-order chi connectivity index (χ1) is 8.92. The third kappa shape index (κ3) is 3.57. The molecule has 2 amide bonds. The van der Waals surface area contributed by atoms with Crippen molar-refractivity contribution in [2.45, 2.75) is 38.5 Å². The second-order valence-corrected chi connectivity index (χ2v) is 4.77. The lowest BCUT2D eigenvalue weighted by Crippen LogP contribution is -2.51. The van der Waals surface area contributed by atoms with Crippen molar-refractivity contribution in [2.75, 3.05) is 26.8 Å². The van der Waals surface area contributed by atoms with E-state index in [1.165, 1.54) is 4.90 Å². The average molecular weight is 274 g/mol. The van der Waals surface area contributed by atoms with E-state index in [9.17, 15) is 14.7 Å². The molecule has 1 aliphatic rings. The zero-order valence-electron chi connectivity index (χ0n) is 11.6. The van der Waals surface area contributed by atoms with Crippen molar-refractivity contribution in [2.24, 2.45) is 0 Å². The van der Waals surface area contributed by atoms with Crippen molar-refractivity contribution in [3.8, 4) is 0 Å². The van der Waals surface area contributed by atoms with Gasteiger partial charge < -0.3 is 24.7 Å². The molecule has 0 aromatic heterocycles. The summed E-state index contributed by atoms with van der Waals surface area (Å²) in [5, 5.41) is 18.7. The number of carboxylic acids is 1. The standard InChI is InChI=1S/C12H22N2O5/c1-4-13(8(2)7-19-3)12(18)14-6-9(15)5-10(14)11(16)17/h8-10,15H,4-7H2,1-3H3,(H,16,17)/t8?,9?,10-/m0/s1. The van der Waals surface area contributed by atoms with Crippen LogP contribution < -0.4 is 0 Å². The van der Waals surface area contributed by atoms with Gasteiger partial charge in [0.15, 0.2) is 0 Å². The van der Waals surface area contributed by atoms with Crippen LogP contribution in [0.4, 0.5) is 4.79 Å². The Balaban J connectivity index is 2.81. The molecule has 7 nitrogen and oxygen atoms in total. The molecular weight excluding hydrogens is 252 g/mol. The summed E-state index contributed by atoms with van der Waals surface area (Å²) in [4.78, 5) is 26.3. The number of ether oxygens (including phenoxy) is 1. The van der Waals surface area contributed by atoms with Crippen LogP contribution in [-0.2, 0) is 9.53 Å². The Bertz CT molecular complexity index is 336. The fraction of sp³-hybridized carbons (Fsp3) is 0.833. The number of hydrogen-bond donors (Lipinski definition) is 2. The number of carbonyl (C=O) groups is 2. The monoisotopic (exact) mass is 274 g/mol. The van der Waals surface area contributed by atoms with Crippen LogP contribution in [0, 0.1) is 0 Å². The van der Waals surface area contributed by atoms with Gasteiger partial charge in [-0.15, -0.1) is 0 Å². The summed E-state index contributed by atoms with van der Waals surface area (Å²) in [5.74, 6) is -1.08. The molecule has 1 heterocycles. The molecule has 0 aromatic carbocycles. The summed E-state index contributed by atoms with van der Waals surface area (Å²) in [5.41, 5.74) is 0. The Labute approximate surface area is 112 Å². The SMILES string of the molecule is CCN(C(=O)N1CC(O)C[C@H]1C(=O)O)C(C)COC. The van der Waals surface area contributed by atoms with E-state index in [0.717, 1.165) is 0 Å². The number of β-amino-alcohol motifs (C(OH)–C–C–N with tert-alkyl or cyclic N) is 1. The van der Waals surface area contributed by atoms with Crippen molar-refractivity contribution in [3.05, 3.63) is 0 Å². The van der Waals surface area contributed by atoms with E-state index in [2.05, 4.69) is 0 Å². The van der Waals surface area contributed by atoms with Crippen LogP contribution in [0.15, 0.2) is 0 Å². The number of aliphatic carboxylic acids is 1. The van der Waals surface area contributed by atoms with Gasteiger partial charge in [-0.3, -0.25) is 0 Å². The summed E-state index contributed by atoms with van der Waals surface area (Å²) >= 11 is 0. The van der Waals surface area contributed by atoms with E-state index in [1.807, 2.05) is 13.8 Å². The van der Waals surface area contributed by atoms with Gasteiger partial charge in [-0.2, -0.15) is 0 Å². The molecule has 1 saturated heterocycles. The molecule has 1 rings (SSSR count). The van der Waals surface area contributed by atoms with E-state index in [0.29, 0.717) is 13.2 Å². The summed E-state index contributed by atoms with van der Waals surface area (Å²) < 4.78 is 5.02. The van der Waals surface area contributed by atoms with Gasteiger partial charge in [-0.25, -0.2) is 9.59 Å². The molecule has 0 radical (unpaired) electrons. The molecule has 0 bridgehead atoms. The number of aliphatic hydroxyl groups excluding tert-OH is 1. The summed E-state index contributed by atoms with van der Waals surface area (Å²) in [6, 6.07) is -1.46. The Kier molecular flexibility index (Phi) is 5.56. The van der Waals surface area contributed by atoms with Crippen molar-refractivity contribution in [3.63, 3.8) is 0 Å². The molecule has 2 unspecified atom stereocenters. The number of likely N-dealkylation sites (N-methyl/N-ethyl adjacent to an activating group) is 1. The van der Waals surface area contributed by atoms with Gasteiger partial charge in [0.05, 0.1) is 18.8 Å². The molecule has 0 aromatic rings. The van der Waals surface area contributed by atoms with Crippen LogP contribution in [0.1, 0.15) is 20.3 Å². The predicted octanol–water partition coefficient (Wildman–Crippen LogP) is -0.0170. The maximum atomic E-state index is 12.4. The van der Waals surface area contributed by atoms with Gasteiger partial charge in [0, 0.05) is 26.6 Å². The van der Waals surface area contributed by atoms with Crippen molar-refractivity contribution < 1.29 is 24.5 Å². The number of aliphatic hydroxyl groups is 1. The molecule has 110 valence electrons. The lowest BCUT2D eigenvalue weighted by molar-refractivity contribution is -0.141. The minimum atomic E-state index is -1.08. The van der Waals surface area contributed by atoms with E-state index in [1.54, 1.807) is 12.0 Å². The third-order valence-corrected chi connectivity index (χ3v) is 3.34. The Morgan fingerprint density at radius 3 is 2.63 bits per heavy atom. The average Bonchev–Trinajstić information content (AvgIpc) is 2.72. The van der Waals surface area contributed by atoms with Gasteiger partial charge in [0.25, 0.3) is 0 Å². The largest absolute Gasteiger partial charge is 0.480 e. The Morgan fingerprint density at radius 2 is 2.16 bits per heavy atom. The highest BCUT2D eigenvalue weighted by atomic mass is 16.5. The van der Waals surface area contributed by atoms with Crippen LogP contribution in [-0.4, -0.2) is 77.0 Å². The quantitative estimate of drug-likeness (QED) is 0.735. The van der Waals surface area contributed by atoms with Crippen molar-refractivity contribution in [1.82, 2.24) is 9.80 Å². The maximum Gasteiger partial charge on any atom is 0.326 e. The predicted molar refractivity (Wildman–Crippen MR) is 67.9 cm³/mol. The first kappa shape index (κ1) is 15.7. The second kappa shape index (κ2) is 6.72. The zero-order valence-corrected chi connectivity index (χ0v) is 11.6. The normalized spacial score (nSPS) is 24.3. The molecule has 1 aliphatic heterocycles. The topological polar surface area (TPSA) is 90.3 Å². The van der Waals surface area contributed by atoms with E-state index < -0.39 is 18.1 Å². The lowest BCUT2D eigenvalue weighted by atomic mass is 10.2. The highest BCUT2D eigenvalue weighted by Crippen LogP contribution is 2.20. The van der Waals surface area contributed by atoms with E-state index in [-0.39, 0.29) is 25.0 Å². The van der Waals surface area contributed by atoms with Gasteiger partial charge in [-0.1, -0.05) is 0 Å². The molecule has 7 heteroatoms. The van der Waals surface area contributed by atoms with E-state index >= 15 is 0 Å². The van der Waals surface area contributed by atoms with Crippen LogP contribution >= 0.6 is 0 Å². The fourth-order valence-corrected chi connectivity index (χ4v) is 2.39. The number of urea groups is 1. The van der Waals surface area contributed by atoms with Crippen LogP contribution in [0.2, 0.25) is 0 Å². The molecule has 0 saturated carbocycles. The molecule has 1 fully saturated rings. The van der Waals surface area contributed by atoms with Crippen molar-refractivity contribution >= 4 is 12.0 Å². The molecule has 3 atom stereocenters. The van der Waals surface area contributed by atoms with Crippen molar-refractivity contribution in [1.29, 1.82) is 0 Å². The molecule has 0 spiro atoms. The molecule has 19 heavy (non-hydrogen) atoms. The maximum absolute atomic E-state index is 12.4. The number of hydrogen-bond acceptors (Lipinski definition) is 4. The van der Waals surface area contributed by atoms with Crippen LogP contribution in [0.5, 0.6) is 0 Å². The highest BCUT2D eigenvalue weighted by Gasteiger charge is 2.41. The van der Waals surface area contributed by atoms with Crippen LogP contribution in [0.25, 0.3) is 0 Å². The van der Waals surface area contributed by atoms with Gasteiger partial charge >= 0.3 is 12.0 Å². The summed E-state index contributed by atoms with van der Waals surface area (Å²) in [7, 11) is 1.55. The number of likely N-dealkylation sites (tertiary alicyclic amines) is 1. The highest BCUT2D eigenvalue weighted by molar-refractivity contribution is 5.83. The van der Waals surface area contributed by atoms with Gasteiger partial charge in [-0.05, 0) is 13.8 Å². The Hall–Kier alpha value is -1.34. The third-order valence-electron chi connectivity index (χ3n) is 3.34. The Morgan fingerprint density at radius 1 is 1.53 bits per heavy atom. The smallest absolute Gasteiger partial charge is 0.326 e. The second-order valence-electron chi connectivity index (χ2n) is 4.77. The van der Waals surface area contributed by atoms with E-state index in [4.69, 9.17) is 9.84 Å². The molecule has 2 N–H and O–H groups in total. The minimum absolute atomic E-state index is 0.0615. The lowest BCUT2D eigenvalue weighted by Gasteiger charge is -2.33. The zero-order chi connectivity index (χ0) is 14.6. The molecule has 0 aliphatic carbocycles. The van der Waals surface area contributed by atoms with Gasteiger partial charge in [0.1, 0.15) is 6.04 Å². The first-order valence-corrected chi connectivity index (χ1v) is 6.39. The first-order valence-electron chi connectivity index (χ1n) is 6.39. The number of rotatable bonds is 5. The fourth-order valence-electron chi connectivity index (χ4n) is 2.39. The minimum Gasteiger partial charge on any atom is -0.480 e. The number of carboxylic acid groups (broad SMARTS) is 1. The number of amides is 2.